The van der Waals surface area contributed by atoms with Gasteiger partial charge in [-0.1, -0.05) is 13.8 Å². The van der Waals surface area contributed by atoms with Gasteiger partial charge >= 0.3 is 0 Å². The molecule has 0 radical (unpaired) electrons. The lowest BCUT2D eigenvalue weighted by Crippen LogP contribution is -2.52. The van der Waals surface area contributed by atoms with Crippen LogP contribution in [0.2, 0.25) is 0 Å². The Morgan fingerprint density at radius 3 is 1.50 bits per heavy atom. The smallest absolute Gasteiger partial charge is 0.0220 e. The van der Waals surface area contributed by atoms with E-state index in [0.29, 0.717) is 11.8 Å². The third-order valence-electron chi connectivity index (χ3n) is 2.84. The lowest BCUT2D eigenvalue weighted by atomic mass is 9.77. The summed E-state index contributed by atoms with van der Waals surface area (Å²) in [5.74, 6) is 1.23. The third-order valence-corrected chi connectivity index (χ3v) is 2.84. The maximum absolute atomic E-state index is 5.89. The van der Waals surface area contributed by atoms with E-state index in [-0.39, 0.29) is 12.1 Å². The minimum atomic E-state index is 0.226. The first-order chi connectivity index (χ1) is 4.63. The van der Waals surface area contributed by atoms with Gasteiger partial charge in [-0.3, -0.25) is 0 Å². The summed E-state index contributed by atoms with van der Waals surface area (Å²) >= 11 is 0. The van der Waals surface area contributed by atoms with Crippen LogP contribution in [0.5, 0.6) is 0 Å². The second-order valence-electron chi connectivity index (χ2n) is 3.69. The van der Waals surface area contributed by atoms with Crippen molar-refractivity contribution in [1.82, 2.24) is 0 Å². The number of rotatable bonds is 0. The monoisotopic (exact) mass is 142 g/mol. The SMILES string of the molecule is CC1CCC(C)C(N)C1N. The molecule has 2 nitrogen and oxygen atoms in total. The van der Waals surface area contributed by atoms with Gasteiger partial charge in [-0.2, -0.15) is 0 Å². The normalized spacial score (nSPS) is 49.2. The zero-order valence-electron chi connectivity index (χ0n) is 6.88. The fourth-order valence-corrected chi connectivity index (χ4v) is 1.67. The van der Waals surface area contributed by atoms with Crippen molar-refractivity contribution in [3.63, 3.8) is 0 Å². The Labute approximate surface area is 63.0 Å². The molecule has 60 valence electrons. The molecule has 0 spiro atoms. The minimum Gasteiger partial charge on any atom is -0.326 e. The predicted octanol–water partition coefficient (Wildman–Crippen LogP) is 0.707. The summed E-state index contributed by atoms with van der Waals surface area (Å²) in [7, 11) is 0. The first-order valence-electron chi connectivity index (χ1n) is 4.14. The van der Waals surface area contributed by atoms with E-state index in [4.69, 9.17) is 11.5 Å². The molecule has 0 bridgehead atoms. The van der Waals surface area contributed by atoms with Crippen molar-refractivity contribution >= 4 is 0 Å². The molecule has 2 heteroatoms. The highest BCUT2D eigenvalue weighted by Gasteiger charge is 2.29. The van der Waals surface area contributed by atoms with Gasteiger partial charge in [-0.25, -0.2) is 0 Å². The molecule has 1 aliphatic carbocycles. The van der Waals surface area contributed by atoms with Crippen molar-refractivity contribution in [2.75, 3.05) is 0 Å². The van der Waals surface area contributed by atoms with E-state index in [0.717, 1.165) is 0 Å². The van der Waals surface area contributed by atoms with Crippen LogP contribution in [0.25, 0.3) is 0 Å². The van der Waals surface area contributed by atoms with Crippen LogP contribution in [0.4, 0.5) is 0 Å². The van der Waals surface area contributed by atoms with E-state index >= 15 is 0 Å². The third kappa shape index (κ3) is 1.32. The molecule has 0 saturated heterocycles. The summed E-state index contributed by atoms with van der Waals surface area (Å²) in [5.41, 5.74) is 11.8. The Bertz CT molecular complexity index is 99.8. The molecule has 0 aromatic heterocycles. The number of hydrogen-bond donors (Lipinski definition) is 2. The molecule has 4 atom stereocenters. The van der Waals surface area contributed by atoms with E-state index < -0.39 is 0 Å². The topological polar surface area (TPSA) is 52.0 Å². The van der Waals surface area contributed by atoms with Crippen LogP contribution in [0.3, 0.4) is 0 Å². The first kappa shape index (κ1) is 8.02. The highest BCUT2D eigenvalue weighted by atomic mass is 14.8. The van der Waals surface area contributed by atoms with Crippen LogP contribution in [-0.2, 0) is 0 Å². The minimum absolute atomic E-state index is 0.226. The molecule has 0 aromatic carbocycles. The van der Waals surface area contributed by atoms with E-state index in [9.17, 15) is 0 Å². The molecule has 4 unspecified atom stereocenters. The quantitative estimate of drug-likeness (QED) is 0.523. The van der Waals surface area contributed by atoms with Crippen molar-refractivity contribution in [3.05, 3.63) is 0 Å². The maximum Gasteiger partial charge on any atom is 0.0220 e. The van der Waals surface area contributed by atoms with Crippen molar-refractivity contribution < 1.29 is 0 Å². The molecular weight excluding hydrogens is 124 g/mol. The van der Waals surface area contributed by atoms with Crippen molar-refractivity contribution in [2.45, 2.75) is 38.8 Å². The van der Waals surface area contributed by atoms with Gasteiger partial charge in [0.15, 0.2) is 0 Å². The zero-order chi connectivity index (χ0) is 7.72. The van der Waals surface area contributed by atoms with E-state index in [1.807, 2.05) is 0 Å². The lowest BCUT2D eigenvalue weighted by Gasteiger charge is -2.36. The average Bonchev–Trinajstić information content (AvgIpc) is 1.93. The summed E-state index contributed by atoms with van der Waals surface area (Å²) in [6, 6.07) is 0.451. The van der Waals surface area contributed by atoms with Crippen LogP contribution in [-0.4, -0.2) is 12.1 Å². The molecule has 0 heterocycles. The summed E-state index contributed by atoms with van der Waals surface area (Å²) in [5, 5.41) is 0. The maximum atomic E-state index is 5.89. The second kappa shape index (κ2) is 2.89. The van der Waals surface area contributed by atoms with Gasteiger partial charge in [-0.05, 0) is 24.7 Å². The van der Waals surface area contributed by atoms with Crippen LogP contribution >= 0.6 is 0 Å². The molecular formula is C8H18N2. The molecule has 0 aromatic rings. The van der Waals surface area contributed by atoms with Crippen LogP contribution in [0.15, 0.2) is 0 Å². The van der Waals surface area contributed by atoms with Crippen LogP contribution in [0.1, 0.15) is 26.7 Å². The van der Waals surface area contributed by atoms with Gasteiger partial charge in [0.25, 0.3) is 0 Å². The Balaban J connectivity index is 2.52. The second-order valence-corrected chi connectivity index (χ2v) is 3.69. The van der Waals surface area contributed by atoms with Gasteiger partial charge in [0, 0.05) is 12.1 Å². The fourth-order valence-electron chi connectivity index (χ4n) is 1.67. The van der Waals surface area contributed by atoms with E-state index in [1.54, 1.807) is 0 Å². The van der Waals surface area contributed by atoms with Crippen molar-refractivity contribution in [1.29, 1.82) is 0 Å². The average molecular weight is 142 g/mol. The van der Waals surface area contributed by atoms with E-state index in [1.165, 1.54) is 12.8 Å². The standard InChI is InChI=1S/C8H18N2/c1-5-3-4-6(2)8(10)7(5)9/h5-8H,3-4,9-10H2,1-2H3. The van der Waals surface area contributed by atoms with Gasteiger partial charge in [0.2, 0.25) is 0 Å². The lowest BCUT2D eigenvalue weighted by molar-refractivity contribution is 0.227. The number of nitrogens with two attached hydrogens (primary N) is 2. The summed E-state index contributed by atoms with van der Waals surface area (Å²) in [6.07, 6.45) is 2.49. The summed E-state index contributed by atoms with van der Waals surface area (Å²) < 4.78 is 0. The Morgan fingerprint density at radius 1 is 0.900 bits per heavy atom. The highest BCUT2D eigenvalue weighted by molar-refractivity contribution is 4.89. The fraction of sp³-hybridized carbons (Fsp3) is 1.00. The van der Waals surface area contributed by atoms with Crippen molar-refractivity contribution in [3.8, 4) is 0 Å². The van der Waals surface area contributed by atoms with Crippen LogP contribution in [0, 0.1) is 11.8 Å². The summed E-state index contributed by atoms with van der Waals surface area (Å²) in [6.45, 7) is 4.38. The Hall–Kier alpha value is -0.0800. The molecule has 1 rings (SSSR count). The predicted molar refractivity (Wildman–Crippen MR) is 43.5 cm³/mol. The molecule has 4 N–H and O–H groups in total. The van der Waals surface area contributed by atoms with Crippen LogP contribution < -0.4 is 11.5 Å². The molecule has 0 amide bonds. The van der Waals surface area contributed by atoms with Gasteiger partial charge < -0.3 is 11.5 Å². The summed E-state index contributed by atoms with van der Waals surface area (Å²) in [4.78, 5) is 0. The van der Waals surface area contributed by atoms with Crippen molar-refractivity contribution in [2.24, 2.45) is 23.3 Å². The van der Waals surface area contributed by atoms with Gasteiger partial charge in [0.1, 0.15) is 0 Å². The molecule has 10 heavy (non-hydrogen) atoms. The largest absolute Gasteiger partial charge is 0.326 e. The zero-order valence-corrected chi connectivity index (χ0v) is 6.88. The molecule has 0 aliphatic heterocycles. The van der Waals surface area contributed by atoms with Gasteiger partial charge in [-0.15, -0.1) is 0 Å². The first-order valence-corrected chi connectivity index (χ1v) is 4.14. The molecule has 1 fully saturated rings. The Kier molecular flexibility index (Phi) is 2.32. The van der Waals surface area contributed by atoms with Gasteiger partial charge in [0.05, 0.1) is 0 Å². The van der Waals surface area contributed by atoms with E-state index in [2.05, 4.69) is 13.8 Å². The molecule has 1 aliphatic rings. The number of hydrogen-bond acceptors (Lipinski definition) is 2. The highest BCUT2D eigenvalue weighted by Crippen LogP contribution is 2.26. The molecule has 1 saturated carbocycles. The Morgan fingerprint density at radius 2 is 1.20 bits per heavy atom.